The van der Waals surface area contributed by atoms with Gasteiger partial charge in [0.1, 0.15) is 0 Å². The van der Waals surface area contributed by atoms with Crippen LogP contribution in [0.2, 0.25) is 0 Å². The Kier molecular flexibility index (Phi) is 5.07. The molecule has 0 spiro atoms. The van der Waals surface area contributed by atoms with Crippen LogP contribution in [0.3, 0.4) is 0 Å². The molecule has 3 rings (SSSR count). The van der Waals surface area contributed by atoms with E-state index in [1.807, 2.05) is 0 Å². The van der Waals surface area contributed by atoms with Crippen molar-refractivity contribution in [1.82, 2.24) is 0 Å². The van der Waals surface area contributed by atoms with E-state index in [1.54, 1.807) is 0 Å². The molecule has 1 fully saturated rings. The number of hydrogen-bond acceptors (Lipinski definition) is 2. The second-order valence-electron chi connectivity index (χ2n) is 8.48. The zero-order valence-corrected chi connectivity index (χ0v) is 17.0. The SMILES string of the molecule is CC[C@](B1OC(C)(C)C(C)(C)O1)(c1ccccc1)[C@H](C)c1ccccc1. The van der Waals surface area contributed by atoms with E-state index < -0.39 is 0 Å². The molecular weight excluding hydrogens is 319 g/mol. The predicted molar refractivity (Wildman–Crippen MR) is 109 cm³/mol. The molecule has 138 valence electrons. The van der Waals surface area contributed by atoms with Crippen molar-refractivity contribution in [2.45, 2.75) is 70.4 Å². The molecule has 0 aliphatic carbocycles. The third kappa shape index (κ3) is 3.02. The summed E-state index contributed by atoms with van der Waals surface area (Å²) < 4.78 is 13.2. The summed E-state index contributed by atoms with van der Waals surface area (Å²) in [6, 6.07) is 21.4. The molecule has 0 bridgehead atoms. The lowest BCUT2D eigenvalue weighted by atomic mass is 9.46. The minimum absolute atomic E-state index is 0.255. The molecule has 2 aromatic carbocycles. The molecule has 1 saturated heterocycles. The van der Waals surface area contributed by atoms with Gasteiger partial charge in [-0.05, 0) is 51.2 Å². The lowest BCUT2D eigenvalue weighted by Crippen LogP contribution is -2.49. The van der Waals surface area contributed by atoms with Gasteiger partial charge < -0.3 is 9.31 Å². The van der Waals surface area contributed by atoms with Gasteiger partial charge in [0.2, 0.25) is 0 Å². The Bertz CT molecular complexity index is 710. The van der Waals surface area contributed by atoms with Crippen LogP contribution >= 0.6 is 0 Å². The summed E-state index contributed by atoms with van der Waals surface area (Å²) in [5, 5.41) is -0.256. The van der Waals surface area contributed by atoms with Gasteiger partial charge >= 0.3 is 7.12 Å². The summed E-state index contributed by atoms with van der Waals surface area (Å²) in [7, 11) is -0.296. The molecule has 26 heavy (non-hydrogen) atoms. The van der Waals surface area contributed by atoms with Crippen LogP contribution in [0.5, 0.6) is 0 Å². The predicted octanol–water partition coefficient (Wildman–Crippen LogP) is 5.77. The van der Waals surface area contributed by atoms with E-state index in [4.69, 9.17) is 9.31 Å². The summed E-state index contributed by atoms with van der Waals surface area (Å²) in [5.41, 5.74) is 1.90. The highest BCUT2D eigenvalue weighted by atomic mass is 16.7. The standard InChI is InChI=1S/C23H31BO2/c1-7-23(20-16-12-9-13-17-20,18(2)19-14-10-8-11-15-19)24-25-21(3,4)22(5,6)26-24/h8-18H,7H2,1-6H3/t18-,23-/m1/s1. The topological polar surface area (TPSA) is 18.5 Å². The first-order chi connectivity index (χ1) is 12.2. The highest BCUT2D eigenvalue weighted by molar-refractivity contribution is 6.50. The molecule has 0 amide bonds. The number of hydrogen-bond donors (Lipinski definition) is 0. The Hall–Kier alpha value is -1.58. The summed E-state index contributed by atoms with van der Waals surface area (Å²) in [6.45, 7) is 13.1. The van der Waals surface area contributed by atoms with Crippen molar-refractivity contribution >= 4 is 7.12 Å². The Morgan fingerprint density at radius 1 is 0.846 bits per heavy atom. The van der Waals surface area contributed by atoms with E-state index in [2.05, 4.69) is 102 Å². The van der Waals surface area contributed by atoms with Crippen molar-refractivity contribution < 1.29 is 9.31 Å². The molecule has 1 aliphatic heterocycles. The maximum absolute atomic E-state index is 6.60. The molecule has 2 aromatic rings. The molecule has 3 heteroatoms. The van der Waals surface area contributed by atoms with E-state index >= 15 is 0 Å². The van der Waals surface area contributed by atoms with Gasteiger partial charge in [-0.15, -0.1) is 0 Å². The van der Waals surface area contributed by atoms with Gasteiger partial charge in [-0.25, -0.2) is 0 Å². The molecular formula is C23H31BO2. The van der Waals surface area contributed by atoms with E-state index in [0.29, 0.717) is 0 Å². The highest BCUT2D eigenvalue weighted by Gasteiger charge is 2.61. The molecule has 0 saturated carbocycles. The van der Waals surface area contributed by atoms with Crippen molar-refractivity contribution in [3.05, 3.63) is 71.8 Å². The minimum atomic E-state index is -0.344. The first-order valence-electron chi connectivity index (χ1n) is 9.71. The highest BCUT2D eigenvalue weighted by Crippen LogP contribution is 2.50. The Labute approximate surface area is 159 Å². The van der Waals surface area contributed by atoms with E-state index in [9.17, 15) is 0 Å². The minimum Gasteiger partial charge on any atom is -0.403 e. The van der Waals surface area contributed by atoms with Crippen molar-refractivity contribution in [2.24, 2.45) is 0 Å². The van der Waals surface area contributed by atoms with Gasteiger partial charge in [-0.3, -0.25) is 0 Å². The van der Waals surface area contributed by atoms with E-state index in [1.165, 1.54) is 11.1 Å². The summed E-state index contributed by atoms with van der Waals surface area (Å²) >= 11 is 0. The van der Waals surface area contributed by atoms with Crippen LogP contribution in [-0.2, 0) is 14.6 Å². The van der Waals surface area contributed by atoms with Crippen molar-refractivity contribution in [2.75, 3.05) is 0 Å². The Balaban J connectivity index is 2.14. The maximum atomic E-state index is 6.60. The fourth-order valence-corrected chi connectivity index (χ4v) is 4.11. The van der Waals surface area contributed by atoms with Gasteiger partial charge in [0, 0.05) is 5.31 Å². The van der Waals surface area contributed by atoms with Crippen LogP contribution in [0.25, 0.3) is 0 Å². The summed E-state index contributed by atoms with van der Waals surface area (Å²) in [5.74, 6) is 0.255. The van der Waals surface area contributed by atoms with Crippen LogP contribution in [0, 0.1) is 0 Å². The fraction of sp³-hybridized carbons (Fsp3) is 0.478. The van der Waals surface area contributed by atoms with Gasteiger partial charge in [0.05, 0.1) is 11.2 Å². The van der Waals surface area contributed by atoms with E-state index in [-0.39, 0.29) is 29.6 Å². The Morgan fingerprint density at radius 2 is 1.31 bits per heavy atom. The van der Waals surface area contributed by atoms with E-state index in [0.717, 1.165) is 6.42 Å². The average molecular weight is 350 g/mol. The fourth-order valence-electron chi connectivity index (χ4n) is 4.11. The third-order valence-electron chi connectivity index (χ3n) is 6.64. The first-order valence-corrected chi connectivity index (χ1v) is 9.71. The largest absolute Gasteiger partial charge is 0.469 e. The lowest BCUT2D eigenvalue weighted by molar-refractivity contribution is 0.00578. The maximum Gasteiger partial charge on any atom is 0.469 e. The van der Waals surface area contributed by atoms with Gasteiger partial charge in [-0.2, -0.15) is 0 Å². The smallest absolute Gasteiger partial charge is 0.403 e. The molecule has 0 radical (unpaired) electrons. The van der Waals surface area contributed by atoms with Crippen molar-refractivity contribution in [3.8, 4) is 0 Å². The van der Waals surface area contributed by atoms with Gasteiger partial charge in [-0.1, -0.05) is 74.5 Å². The molecule has 0 aromatic heterocycles. The summed E-state index contributed by atoms with van der Waals surface area (Å²) in [6.07, 6.45) is 0.934. The first kappa shape index (κ1) is 19.2. The number of benzene rings is 2. The molecule has 0 N–H and O–H groups in total. The van der Waals surface area contributed by atoms with Crippen LogP contribution in [-0.4, -0.2) is 18.3 Å². The van der Waals surface area contributed by atoms with Crippen molar-refractivity contribution in [3.63, 3.8) is 0 Å². The van der Waals surface area contributed by atoms with Gasteiger partial charge in [0.15, 0.2) is 0 Å². The third-order valence-corrected chi connectivity index (χ3v) is 6.64. The van der Waals surface area contributed by atoms with Crippen LogP contribution in [0.15, 0.2) is 60.7 Å². The molecule has 2 atom stereocenters. The van der Waals surface area contributed by atoms with Gasteiger partial charge in [0.25, 0.3) is 0 Å². The monoisotopic (exact) mass is 350 g/mol. The molecule has 0 unspecified atom stereocenters. The lowest BCUT2D eigenvalue weighted by Gasteiger charge is -2.41. The second kappa shape index (κ2) is 6.86. The molecule has 1 aliphatic rings. The zero-order chi connectivity index (χ0) is 19.0. The molecule has 1 heterocycles. The quantitative estimate of drug-likeness (QED) is 0.638. The second-order valence-corrected chi connectivity index (χ2v) is 8.48. The zero-order valence-electron chi connectivity index (χ0n) is 17.0. The Morgan fingerprint density at radius 3 is 1.77 bits per heavy atom. The molecule has 2 nitrogen and oxygen atoms in total. The van der Waals surface area contributed by atoms with Crippen LogP contribution in [0.4, 0.5) is 0 Å². The summed E-state index contributed by atoms with van der Waals surface area (Å²) in [4.78, 5) is 0. The van der Waals surface area contributed by atoms with Crippen LogP contribution in [0.1, 0.15) is 65.0 Å². The average Bonchev–Trinajstić information content (AvgIpc) is 2.85. The normalized spacial score (nSPS) is 22.0. The van der Waals surface area contributed by atoms with Crippen molar-refractivity contribution in [1.29, 1.82) is 0 Å². The number of rotatable bonds is 5. The van der Waals surface area contributed by atoms with Crippen LogP contribution < -0.4 is 0 Å².